The summed E-state index contributed by atoms with van der Waals surface area (Å²) in [5.74, 6) is -0.141. The van der Waals surface area contributed by atoms with Crippen molar-refractivity contribution in [3.63, 3.8) is 0 Å². The lowest BCUT2D eigenvalue weighted by atomic mass is 9.81. The van der Waals surface area contributed by atoms with Gasteiger partial charge < -0.3 is 11.1 Å². The lowest BCUT2D eigenvalue weighted by Crippen LogP contribution is -2.45. The van der Waals surface area contributed by atoms with E-state index in [0.29, 0.717) is 12.8 Å². The molecule has 0 saturated heterocycles. The molecule has 3 nitrogen and oxygen atoms in total. The summed E-state index contributed by atoms with van der Waals surface area (Å²) in [5, 5.41) is 2.87. The van der Waals surface area contributed by atoms with E-state index in [2.05, 4.69) is 21.2 Å². The normalized spacial score (nSPS) is 11.1. The van der Waals surface area contributed by atoms with Crippen LogP contribution in [0, 0.1) is 5.41 Å². The van der Waals surface area contributed by atoms with Gasteiger partial charge in [0.15, 0.2) is 0 Å². The van der Waals surface area contributed by atoms with Crippen molar-refractivity contribution in [3.05, 3.63) is 28.7 Å². The van der Waals surface area contributed by atoms with Crippen molar-refractivity contribution in [1.29, 1.82) is 0 Å². The first kappa shape index (κ1) is 15.1. The quantitative estimate of drug-likeness (QED) is 0.813. The molecule has 0 spiro atoms. The first-order valence-corrected chi connectivity index (χ1v) is 7.03. The average molecular weight is 329 g/mol. The highest BCUT2D eigenvalue weighted by Crippen LogP contribution is 2.29. The highest BCUT2D eigenvalue weighted by Gasteiger charge is 2.38. The predicted octanol–water partition coefficient (Wildman–Crippen LogP) is 3.48. The summed E-state index contributed by atoms with van der Waals surface area (Å²) in [5.41, 5.74) is 5.71. The molecule has 5 heteroatoms. The highest BCUT2D eigenvalue weighted by molar-refractivity contribution is 9.10. The summed E-state index contributed by atoms with van der Waals surface area (Å²) in [6.07, 6.45) is 1.19. The molecule has 0 fully saturated rings. The van der Waals surface area contributed by atoms with Crippen LogP contribution in [0.4, 0.5) is 5.69 Å². The number of thiocarbonyl (C=S) groups is 1. The first-order chi connectivity index (χ1) is 8.46. The standard InChI is InChI=1S/C13H17BrN2OS/c1-3-13(4-2,11(15)18)12(17)16-10-7-5-6-9(14)8-10/h5-8H,3-4H2,1-2H3,(H2,15,18)(H,16,17). The Balaban J connectivity index is 2.96. The molecule has 0 bridgehead atoms. The molecule has 98 valence electrons. The summed E-state index contributed by atoms with van der Waals surface area (Å²) in [6.45, 7) is 3.84. The van der Waals surface area contributed by atoms with Crippen molar-refractivity contribution >= 4 is 44.7 Å². The van der Waals surface area contributed by atoms with E-state index in [1.54, 1.807) is 0 Å². The van der Waals surface area contributed by atoms with Gasteiger partial charge in [0.25, 0.3) is 0 Å². The van der Waals surface area contributed by atoms with Gasteiger partial charge in [0.1, 0.15) is 0 Å². The zero-order valence-electron chi connectivity index (χ0n) is 10.5. The molecule has 1 aromatic rings. The molecule has 0 aliphatic carbocycles. The molecule has 1 aromatic carbocycles. The molecule has 0 aliphatic heterocycles. The lowest BCUT2D eigenvalue weighted by molar-refractivity contribution is -0.122. The van der Waals surface area contributed by atoms with E-state index in [4.69, 9.17) is 18.0 Å². The second-order valence-corrected chi connectivity index (χ2v) is 5.47. The molecule has 0 heterocycles. The molecule has 18 heavy (non-hydrogen) atoms. The van der Waals surface area contributed by atoms with Crippen molar-refractivity contribution in [2.24, 2.45) is 11.1 Å². The van der Waals surface area contributed by atoms with E-state index in [1.165, 1.54) is 0 Å². The fraction of sp³-hybridized carbons (Fsp3) is 0.385. The van der Waals surface area contributed by atoms with Gasteiger partial charge in [0.05, 0.1) is 10.4 Å². The summed E-state index contributed by atoms with van der Waals surface area (Å²) in [7, 11) is 0. The number of nitrogens with one attached hydrogen (secondary N) is 1. The van der Waals surface area contributed by atoms with Gasteiger partial charge in [-0.3, -0.25) is 4.79 Å². The molecule has 3 N–H and O–H groups in total. The number of anilines is 1. The first-order valence-electron chi connectivity index (χ1n) is 5.83. The van der Waals surface area contributed by atoms with Gasteiger partial charge in [-0.25, -0.2) is 0 Å². The van der Waals surface area contributed by atoms with Crippen LogP contribution in [-0.4, -0.2) is 10.9 Å². The second kappa shape index (κ2) is 6.29. The van der Waals surface area contributed by atoms with E-state index in [0.717, 1.165) is 10.2 Å². The van der Waals surface area contributed by atoms with E-state index in [1.807, 2.05) is 38.1 Å². The van der Waals surface area contributed by atoms with Crippen LogP contribution in [-0.2, 0) is 4.79 Å². The Labute approximate surface area is 121 Å². The zero-order valence-corrected chi connectivity index (χ0v) is 12.9. The van der Waals surface area contributed by atoms with E-state index in [-0.39, 0.29) is 10.9 Å². The maximum absolute atomic E-state index is 12.4. The van der Waals surface area contributed by atoms with Gasteiger partial charge in [-0.15, -0.1) is 0 Å². The Kier molecular flexibility index (Phi) is 5.28. The summed E-state index contributed by atoms with van der Waals surface area (Å²) in [4.78, 5) is 12.6. The summed E-state index contributed by atoms with van der Waals surface area (Å²) >= 11 is 8.42. The maximum atomic E-state index is 12.4. The van der Waals surface area contributed by atoms with Crippen molar-refractivity contribution in [2.45, 2.75) is 26.7 Å². The number of hydrogen-bond acceptors (Lipinski definition) is 2. The zero-order chi connectivity index (χ0) is 13.8. The number of halogens is 1. The fourth-order valence-corrected chi connectivity index (χ4v) is 2.63. The number of benzene rings is 1. The molecular weight excluding hydrogens is 312 g/mol. The summed E-state index contributed by atoms with van der Waals surface area (Å²) < 4.78 is 0.911. The smallest absolute Gasteiger partial charge is 0.237 e. The van der Waals surface area contributed by atoms with Crippen LogP contribution in [0.5, 0.6) is 0 Å². The van der Waals surface area contributed by atoms with Gasteiger partial charge in [0, 0.05) is 10.2 Å². The summed E-state index contributed by atoms with van der Waals surface area (Å²) in [6, 6.07) is 7.43. The van der Waals surface area contributed by atoms with E-state index in [9.17, 15) is 4.79 Å². The third-order valence-corrected chi connectivity index (χ3v) is 4.08. The molecule has 0 unspecified atom stereocenters. The minimum Gasteiger partial charge on any atom is -0.392 e. The van der Waals surface area contributed by atoms with Crippen molar-refractivity contribution < 1.29 is 4.79 Å². The molecular formula is C13H17BrN2OS. The second-order valence-electron chi connectivity index (χ2n) is 4.12. The maximum Gasteiger partial charge on any atom is 0.237 e. The van der Waals surface area contributed by atoms with Crippen LogP contribution in [0.1, 0.15) is 26.7 Å². The molecule has 0 radical (unpaired) electrons. The van der Waals surface area contributed by atoms with Crippen molar-refractivity contribution in [3.8, 4) is 0 Å². The van der Waals surface area contributed by atoms with Crippen LogP contribution in [0.2, 0.25) is 0 Å². The number of amides is 1. The molecule has 0 aromatic heterocycles. The minimum atomic E-state index is -0.766. The predicted molar refractivity (Wildman–Crippen MR) is 82.6 cm³/mol. The van der Waals surface area contributed by atoms with E-state index >= 15 is 0 Å². The van der Waals surface area contributed by atoms with Gasteiger partial charge in [-0.1, -0.05) is 48.1 Å². The molecule has 1 rings (SSSR count). The Morgan fingerprint density at radius 1 is 1.44 bits per heavy atom. The van der Waals surface area contributed by atoms with Crippen LogP contribution in [0.3, 0.4) is 0 Å². The number of carbonyl (C=O) groups is 1. The Morgan fingerprint density at radius 3 is 2.50 bits per heavy atom. The number of rotatable bonds is 5. The number of hydrogen-bond donors (Lipinski definition) is 2. The molecule has 0 saturated carbocycles. The minimum absolute atomic E-state index is 0.141. The third kappa shape index (κ3) is 3.09. The van der Waals surface area contributed by atoms with Crippen LogP contribution < -0.4 is 11.1 Å². The van der Waals surface area contributed by atoms with E-state index < -0.39 is 5.41 Å². The number of carbonyl (C=O) groups excluding carboxylic acids is 1. The Hall–Kier alpha value is -0.940. The van der Waals surface area contributed by atoms with Gasteiger partial charge in [-0.05, 0) is 31.0 Å². The molecule has 0 atom stereocenters. The molecule has 1 amide bonds. The topological polar surface area (TPSA) is 55.1 Å². The van der Waals surface area contributed by atoms with Crippen molar-refractivity contribution in [2.75, 3.05) is 5.32 Å². The van der Waals surface area contributed by atoms with Gasteiger partial charge in [-0.2, -0.15) is 0 Å². The van der Waals surface area contributed by atoms with Crippen molar-refractivity contribution in [1.82, 2.24) is 0 Å². The molecule has 0 aliphatic rings. The number of nitrogens with two attached hydrogens (primary N) is 1. The third-order valence-electron chi connectivity index (χ3n) is 3.20. The van der Waals surface area contributed by atoms with Gasteiger partial charge >= 0.3 is 0 Å². The largest absolute Gasteiger partial charge is 0.392 e. The average Bonchev–Trinajstić information content (AvgIpc) is 2.30. The Bertz CT molecular complexity index is 458. The van der Waals surface area contributed by atoms with Crippen LogP contribution in [0.25, 0.3) is 0 Å². The lowest BCUT2D eigenvalue weighted by Gasteiger charge is -2.28. The van der Waals surface area contributed by atoms with Crippen LogP contribution in [0.15, 0.2) is 28.7 Å². The monoisotopic (exact) mass is 328 g/mol. The van der Waals surface area contributed by atoms with Crippen LogP contribution >= 0.6 is 28.1 Å². The highest BCUT2D eigenvalue weighted by atomic mass is 79.9. The Morgan fingerprint density at radius 2 is 2.06 bits per heavy atom. The fourth-order valence-electron chi connectivity index (χ4n) is 1.85. The van der Waals surface area contributed by atoms with Gasteiger partial charge in [0.2, 0.25) is 5.91 Å². The SMILES string of the molecule is CCC(CC)(C(=O)Nc1cccc(Br)c1)C(N)=S.